The minimum Gasteiger partial charge on any atom is -0.468 e. The van der Waals surface area contributed by atoms with Crippen molar-refractivity contribution >= 4 is 34.0 Å². The molecule has 32 heavy (non-hydrogen) atoms. The molecule has 0 radical (unpaired) electrons. The monoisotopic (exact) mass is 463 g/mol. The summed E-state index contributed by atoms with van der Waals surface area (Å²) in [6.07, 6.45) is 3.94. The maximum atomic E-state index is 12.3. The number of sulfonamides is 1. The Hall–Kier alpha value is -3.44. The van der Waals surface area contributed by atoms with Crippen molar-refractivity contribution in [2.24, 2.45) is 5.92 Å². The van der Waals surface area contributed by atoms with Gasteiger partial charge in [-0.3, -0.25) is 10.1 Å². The molecule has 0 aliphatic rings. The van der Waals surface area contributed by atoms with Crippen LogP contribution in [0.3, 0.4) is 0 Å². The second-order valence-electron chi connectivity index (χ2n) is 7.07. The van der Waals surface area contributed by atoms with Gasteiger partial charge in [0.05, 0.1) is 17.7 Å². The van der Waals surface area contributed by atoms with E-state index < -0.39 is 34.5 Å². The fraction of sp³-hybridized carbons (Fsp3) is 0.286. The van der Waals surface area contributed by atoms with E-state index in [1.807, 2.05) is 19.2 Å². The van der Waals surface area contributed by atoms with E-state index in [1.165, 1.54) is 36.6 Å². The average Bonchev–Trinajstić information content (AvgIpc) is 3.27. The van der Waals surface area contributed by atoms with Gasteiger partial charge in [-0.25, -0.2) is 22.7 Å². The number of urea groups is 1. The highest BCUT2D eigenvalue weighted by Gasteiger charge is 2.14. The lowest BCUT2D eigenvalue weighted by molar-refractivity contribution is -0.143. The van der Waals surface area contributed by atoms with Gasteiger partial charge in [-0.15, -0.1) is 0 Å². The first kappa shape index (κ1) is 24.8. The molecule has 0 saturated carbocycles. The number of ether oxygens (including phenoxy) is 1. The predicted molar refractivity (Wildman–Crippen MR) is 116 cm³/mol. The molecule has 11 heteroatoms. The Morgan fingerprint density at radius 2 is 1.84 bits per heavy atom. The molecule has 0 aliphatic carbocycles. The number of hydrogen-bond donors (Lipinski definition) is 3. The molecule has 3 amide bonds. The lowest BCUT2D eigenvalue weighted by Gasteiger charge is -2.08. The van der Waals surface area contributed by atoms with E-state index >= 15 is 0 Å². The molecule has 0 bridgehead atoms. The molecule has 2 aromatic rings. The topological polar surface area (TPSA) is 144 Å². The second-order valence-corrected chi connectivity index (χ2v) is 8.83. The van der Waals surface area contributed by atoms with Crippen LogP contribution in [-0.4, -0.2) is 39.5 Å². The van der Waals surface area contributed by atoms with Crippen LogP contribution in [-0.2, 0) is 30.9 Å². The van der Waals surface area contributed by atoms with Crippen molar-refractivity contribution in [3.8, 4) is 0 Å². The Kier molecular flexibility index (Phi) is 9.17. The SMILES string of the molecule is CC(C)CNC(=O)NC(=O)COC(=O)/C=C/c1ccc(S(=O)(=O)NCc2ccco2)cc1. The third-order valence-corrected chi connectivity index (χ3v) is 5.31. The molecule has 172 valence electrons. The number of carbonyl (C=O) groups excluding carboxylic acids is 3. The first-order valence-electron chi connectivity index (χ1n) is 9.70. The van der Waals surface area contributed by atoms with E-state index in [-0.39, 0.29) is 17.4 Å². The van der Waals surface area contributed by atoms with Crippen LogP contribution in [0.2, 0.25) is 0 Å². The molecule has 3 N–H and O–H groups in total. The zero-order valence-corrected chi connectivity index (χ0v) is 18.5. The molecule has 10 nitrogen and oxygen atoms in total. The zero-order valence-electron chi connectivity index (χ0n) is 17.7. The van der Waals surface area contributed by atoms with Gasteiger partial charge in [-0.2, -0.15) is 0 Å². The van der Waals surface area contributed by atoms with E-state index in [0.717, 1.165) is 6.08 Å². The van der Waals surface area contributed by atoms with Crippen molar-refractivity contribution in [1.29, 1.82) is 0 Å². The highest BCUT2D eigenvalue weighted by Crippen LogP contribution is 2.12. The van der Waals surface area contributed by atoms with E-state index in [0.29, 0.717) is 17.9 Å². The van der Waals surface area contributed by atoms with Gasteiger partial charge in [0.2, 0.25) is 10.0 Å². The van der Waals surface area contributed by atoms with Gasteiger partial charge in [0, 0.05) is 12.6 Å². The molecule has 0 spiro atoms. The molecule has 0 unspecified atom stereocenters. The average molecular weight is 464 g/mol. The minimum absolute atomic E-state index is 0.0236. The molecule has 2 rings (SSSR count). The van der Waals surface area contributed by atoms with Gasteiger partial charge in [-0.1, -0.05) is 26.0 Å². The maximum absolute atomic E-state index is 12.3. The van der Waals surface area contributed by atoms with Crippen molar-refractivity contribution in [3.05, 3.63) is 60.1 Å². The molecule has 1 heterocycles. The standard InChI is InChI=1S/C21H25N3O7S/c1-15(2)12-22-21(27)24-19(25)14-31-20(26)10-7-16-5-8-18(9-6-16)32(28,29)23-13-17-4-3-11-30-17/h3-11,15,23H,12-14H2,1-2H3,(H2,22,24,25,27)/b10-7+. The van der Waals surface area contributed by atoms with Crippen LogP contribution in [0, 0.1) is 5.92 Å². The van der Waals surface area contributed by atoms with E-state index in [2.05, 4.69) is 10.0 Å². The summed E-state index contributed by atoms with van der Waals surface area (Å²) in [5.74, 6) is -0.841. The highest BCUT2D eigenvalue weighted by molar-refractivity contribution is 7.89. The summed E-state index contributed by atoms with van der Waals surface area (Å²) < 4.78 is 36.9. The first-order valence-corrected chi connectivity index (χ1v) is 11.2. The van der Waals surface area contributed by atoms with Crippen LogP contribution < -0.4 is 15.4 Å². The number of amides is 3. The number of furan rings is 1. The van der Waals surface area contributed by atoms with Crippen LogP contribution >= 0.6 is 0 Å². The maximum Gasteiger partial charge on any atom is 0.331 e. The third kappa shape index (κ3) is 8.74. The summed E-state index contributed by atoms with van der Waals surface area (Å²) in [5.41, 5.74) is 0.546. The van der Waals surface area contributed by atoms with E-state index in [9.17, 15) is 22.8 Å². The molecule has 0 fully saturated rings. The van der Waals surface area contributed by atoms with Crippen LogP contribution in [0.1, 0.15) is 25.2 Å². The van der Waals surface area contributed by atoms with Crippen molar-refractivity contribution < 1.29 is 32.0 Å². The first-order chi connectivity index (χ1) is 15.2. The number of hydrogen-bond acceptors (Lipinski definition) is 7. The van der Waals surface area contributed by atoms with Crippen molar-refractivity contribution in [2.45, 2.75) is 25.3 Å². The largest absolute Gasteiger partial charge is 0.468 e. The Morgan fingerprint density at radius 1 is 1.12 bits per heavy atom. The third-order valence-electron chi connectivity index (χ3n) is 3.89. The highest BCUT2D eigenvalue weighted by atomic mass is 32.2. The molecule has 1 aromatic heterocycles. The van der Waals surface area contributed by atoms with Gasteiger partial charge in [0.1, 0.15) is 5.76 Å². The molecular weight excluding hydrogens is 438 g/mol. The van der Waals surface area contributed by atoms with Gasteiger partial charge >= 0.3 is 12.0 Å². The Labute approximate surface area is 186 Å². The number of imide groups is 1. The van der Waals surface area contributed by atoms with Crippen molar-refractivity contribution in [2.75, 3.05) is 13.2 Å². The number of esters is 1. The lowest BCUT2D eigenvalue weighted by Crippen LogP contribution is -2.42. The van der Waals surface area contributed by atoms with Gasteiger partial charge in [0.25, 0.3) is 5.91 Å². The van der Waals surface area contributed by atoms with Crippen LogP contribution in [0.4, 0.5) is 4.79 Å². The quantitative estimate of drug-likeness (QED) is 0.360. The smallest absolute Gasteiger partial charge is 0.331 e. The summed E-state index contributed by atoms with van der Waals surface area (Å²) in [6, 6.07) is 8.45. The number of benzene rings is 1. The van der Waals surface area contributed by atoms with Crippen LogP contribution in [0.5, 0.6) is 0 Å². The van der Waals surface area contributed by atoms with Crippen molar-refractivity contribution in [1.82, 2.24) is 15.4 Å². The van der Waals surface area contributed by atoms with Crippen LogP contribution in [0.25, 0.3) is 6.08 Å². The number of carbonyl (C=O) groups is 3. The second kappa shape index (κ2) is 11.8. The van der Waals surface area contributed by atoms with Crippen molar-refractivity contribution in [3.63, 3.8) is 0 Å². The molecule has 0 aliphatic heterocycles. The van der Waals surface area contributed by atoms with Gasteiger partial charge in [-0.05, 0) is 41.8 Å². The summed E-state index contributed by atoms with van der Waals surface area (Å²) >= 11 is 0. The number of rotatable bonds is 10. The zero-order chi connectivity index (χ0) is 23.6. The van der Waals surface area contributed by atoms with E-state index in [1.54, 1.807) is 12.1 Å². The molecular formula is C21H25N3O7S. The molecule has 0 atom stereocenters. The summed E-state index contributed by atoms with van der Waals surface area (Å²) in [5, 5.41) is 4.54. The Bertz CT molecular complexity index is 1040. The predicted octanol–water partition coefficient (Wildman–Crippen LogP) is 1.80. The number of nitrogens with one attached hydrogen (secondary N) is 3. The normalized spacial score (nSPS) is 11.5. The Balaban J connectivity index is 1.79. The van der Waals surface area contributed by atoms with Crippen LogP contribution in [0.15, 0.2) is 58.1 Å². The summed E-state index contributed by atoms with van der Waals surface area (Å²) in [7, 11) is -3.72. The molecule has 1 aromatic carbocycles. The molecule has 0 saturated heterocycles. The minimum atomic E-state index is -3.72. The van der Waals surface area contributed by atoms with Gasteiger partial charge in [0.15, 0.2) is 6.61 Å². The van der Waals surface area contributed by atoms with E-state index in [4.69, 9.17) is 9.15 Å². The summed E-state index contributed by atoms with van der Waals surface area (Å²) in [4.78, 5) is 34.9. The van der Waals surface area contributed by atoms with Gasteiger partial charge < -0.3 is 14.5 Å². The fourth-order valence-corrected chi connectivity index (χ4v) is 3.27. The fourth-order valence-electron chi connectivity index (χ4n) is 2.27. The lowest BCUT2D eigenvalue weighted by atomic mass is 10.2. The summed E-state index contributed by atoms with van der Waals surface area (Å²) in [6.45, 7) is 3.62. The Morgan fingerprint density at radius 3 is 2.47 bits per heavy atom.